The summed E-state index contributed by atoms with van der Waals surface area (Å²) in [7, 11) is 3.85. The molecular weight excluding hydrogens is 358 g/mol. The summed E-state index contributed by atoms with van der Waals surface area (Å²) in [5, 5.41) is 5.68. The number of likely N-dealkylation sites (N-methyl/N-ethyl adjacent to an activating group) is 1. The zero-order valence-electron chi connectivity index (χ0n) is 15.8. The Kier molecular flexibility index (Phi) is 6.23. The van der Waals surface area contributed by atoms with Gasteiger partial charge in [-0.15, -0.1) is 0 Å². The van der Waals surface area contributed by atoms with E-state index in [2.05, 4.69) is 15.6 Å². The van der Waals surface area contributed by atoms with Crippen molar-refractivity contribution in [2.24, 2.45) is 0 Å². The van der Waals surface area contributed by atoms with Gasteiger partial charge in [0.25, 0.3) is 0 Å². The molecule has 0 aliphatic heterocycles. The van der Waals surface area contributed by atoms with E-state index in [-0.39, 0.29) is 17.8 Å². The van der Waals surface area contributed by atoms with Crippen LogP contribution >= 0.6 is 0 Å². The molecule has 0 aliphatic carbocycles. The Morgan fingerprint density at radius 2 is 2.11 bits per heavy atom. The molecule has 146 valence electrons. The van der Waals surface area contributed by atoms with E-state index >= 15 is 0 Å². The number of urea groups is 1. The van der Waals surface area contributed by atoms with Crippen LogP contribution in [0.1, 0.15) is 17.4 Å². The molecule has 0 saturated carbocycles. The first-order valence-corrected chi connectivity index (χ1v) is 8.88. The predicted octanol–water partition coefficient (Wildman–Crippen LogP) is 2.31. The summed E-state index contributed by atoms with van der Waals surface area (Å²) in [6, 6.07) is 12.4. The Morgan fingerprint density at radius 3 is 2.82 bits per heavy atom. The molecule has 1 atom stereocenters. The van der Waals surface area contributed by atoms with Crippen molar-refractivity contribution in [3.8, 4) is 0 Å². The molecular formula is C20H23N5O3. The zero-order valence-corrected chi connectivity index (χ0v) is 15.8. The number of nitrogens with zero attached hydrogens (tertiary/aromatic N) is 3. The van der Waals surface area contributed by atoms with E-state index in [4.69, 9.17) is 4.42 Å². The maximum Gasteiger partial charge on any atom is 0.347 e. The summed E-state index contributed by atoms with van der Waals surface area (Å²) >= 11 is 0. The van der Waals surface area contributed by atoms with Crippen LogP contribution in [0.2, 0.25) is 0 Å². The van der Waals surface area contributed by atoms with E-state index in [1.165, 1.54) is 10.8 Å². The Balaban J connectivity index is 1.60. The average Bonchev–Trinajstić information content (AvgIpc) is 3.18. The van der Waals surface area contributed by atoms with Crippen molar-refractivity contribution in [2.75, 3.05) is 26.0 Å². The fourth-order valence-corrected chi connectivity index (χ4v) is 2.83. The lowest BCUT2D eigenvalue weighted by Crippen LogP contribution is -2.36. The molecule has 2 aromatic heterocycles. The number of nitrogens with one attached hydrogen (secondary N) is 2. The molecule has 2 amide bonds. The van der Waals surface area contributed by atoms with Crippen LogP contribution in [0.5, 0.6) is 0 Å². The number of furan rings is 1. The molecule has 0 radical (unpaired) electrons. The minimum absolute atomic E-state index is 0.0652. The minimum Gasteiger partial charge on any atom is -0.468 e. The molecule has 0 fully saturated rings. The normalized spacial score (nSPS) is 12.0. The van der Waals surface area contributed by atoms with Gasteiger partial charge in [-0.05, 0) is 50.0 Å². The van der Waals surface area contributed by atoms with Crippen LogP contribution in [0.4, 0.5) is 10.5 Å². The molecule has 1 aromatic carbocycles. The van der Waals surface area contributed by atoms with Crippen molar-refractivity contribution in [1.29, 1.82) is 0 Å². The topological polar surface area (TPSA) is 92.4 Å². The van der Waals surface area contributed by atoms with Gasteiger partial charge in [0, 0.05) is 24.6 Å². The van der Waals surface area contributed by atoms with Crippen molar-refractivity contribution in [2.45, 2.75) is 12.6 Å². The lowest BCUT2D eigenvalue weighted by Gasteiger charge is -2.22. The number of hydrogen-bond donors (Lipinski definition) is 2. The molecule has 3 aromatic rings. The van der Waals surface area contributed by atoms with Crippen molar-refractivity contribution in [3.63, 3.8) is 0 Å². The van der Waals surface area contributed by atoms with Crippen LogP contribution in [0.3, 0.4) is 0 Å². The van der Waals surface area contributed by atoms with Gasteiger partial charge in [0.1, 0.15) is 5.76 Å². The summed E-state index contributed by atoms with van der Waals surface area (Å²) in [5.41, 5.74) is 1.22. The van der Waals surface area contributed by atoms with E-state index in [0.29, 0.717) is 18.8 Å². The summed E-state index contributed by atoms with van der Waals surface area (Å²) < 4.78 is 6.95. The monoisotopic (exact) mass is 381 g/mol. The molecule has 8 heteroatoms. The van der Waals surface area contributed by atoms with Gasteiger partial charge < -0.3 is 15.1 Å². The molecule has 8 nitrogen and oxygen atoms in total. The number of amides is 2. The largest absolute Gasteiger partial charge is 0.468 e. The average molecular weight is 381 g/mol. The highest BCUT2D eigenvalue weighted by Crippen LogP contribution is 2.17. The third-order valence-corrected chi connectivity index (χ3v) is 4.27. The van der Waals surface area contributed by atoms with Gasteiger partial charge in [-0.3, -0.25) is 9.47 Å². The van der Waals surface area contributed by atoms with E-state index in [1.54, 1.807) is 24.6 Å². The number of benzene rings is 1. The molecule has 0 saturated heterocycles. The highest BCUT2D eigenvalue weighted by atomic mass is 16.3. The SMILES string of the molecule is CN(C)C(CNC(=O)Nc1cccc(Cn2cccnc2=O)c1)c1ccco1. The molecule has 28 heavy (non-hydrogen) atoms. The first-order valence-electron chi connectivity index (χ1n) is 8.88. The summed E-state index contributed by atoms with van der Waals surface area (Å²) in [6.07, 6.45) is 4.76. The molecule has 0 aliphatic rings. The van der Waals surface area contributed by atoms with Crippen LogP contribution in [0, 0.1) is 0 Å². The quantitative estimate of drug-likeness (QED) is 0.655. The van der Waals surface area contributed by atoms with Crippen LogP contribution in [0.15, 0.2) is 70.3 Å². The van der Waals surface area contributed by atoms with E-state index in [0.717, 1.165) is 11.3 Å². The highest BCUT2D eigenvalue weighted by Gasteiger charge is 2.17. The maximum atomic E-state index is 12.3. The first-order chi connectivity index (χ1) is 13.5. The standard InChI is InChI=1S/C20H23N5O3/c1-24(2)17(18-8-4-11-28-18)13-22-19(26)23-16-7-3-6-15(12-16)14-25-10-5-9-21-20(25)27/h3-12,17H,13-14H2,1-2H3,(H2,22,23,26). The maximum absolute atomic E-state index is 12.3. The summed E-state index contributed by atoms with van der Waals surface area (Å²) in [5.74, 6) is 0.786. The van der Waals surface area contributed by atoms with E-state index in [1.807, 2.05) is 49.3 Å². The van der Waals surface area contributed by atoms with Gasteiger partial charge in [-0.2, -0.15) is 0 Å². The lowest BCUT2D eigenvalue weighted by molar-refractivity contribution is 0.233. The number of aromatic nitrogens is 2. The number of anilines is 1. The molecule has 0 spiro atoms. The third kappa shape index (κ3) is 5.08. The van der Waals surface area contributed by atoms with Gasteiger partial charge in [-0.25, -0.2) is 14.6 Å². The van der Waals surface area contributed by atoms with Crippen LogP contribution in [-0.4, -0.2) is 41.1 Å². The highest BCUT2D eigenvalue weighted by molar-refractivity contribution is 5.89. The second-order valence-corrected chi connectivity index (χ2v) is 6.56. The predicted molar refractivity (Wildman–Crippen MR) is 106 cm³/mol. The van der Waals surface area contributed by atoms with Crippen LogP contribution < -0.4 is 16.3 Å². The smallest absolute Gasteiger partial charge is 0.347 e. The second kappa shape index (κ2) is 9.01. The molecule has 1 unspecified atom stereocenters. The minimum atomic E-state index is -0.314. The number of hydrogen-bond acceptors (Lipinski definition) is 5. The van der Waals surface area contributed by atoms with E-state index in [9.17, 15) is 9.59 Å². The Hall–Kier alpha value is -3.39. The zero-order chi connectivity index (χ0) is 19.9. The number of carbonyl (C=O) groups excluding carboxylic acids is 1. The fraction of sp³-hybridized carbons (Fsp3) is 0.250. The van der Waals surface area contributed by atoms with Gasteiger partial charge in [0.05, 0.1) is 18.8 Å². The van der Waals surface area contributed by atoms with Gasteiger partial charge in [0.2, 0.25) is 0 Å². The van der Waals surface area contributed by atoms with Gasteiger partial charge >= 0.3 is 11.7 Å². The number of carbonyl (C=O) groups is 1. The van der Waals surface area contributed by atoms with Crippen molar-refractivity contribution in [1.82, 2.24) is 19.8 Å². The van der Waals surface area contributed by atoms with Crippen molar-refractivity contribution in [3.05, 3.63) is 82.9 Å². The Morgan fingerprint density at radius 1 is 1.25 bits per heavy atom. The molecule has 2 N–H and O–H groups in total. The van der Waals surface area contributed by atoms with Crippen LogP contribution in [0.25, 0.3) is 0 Å². The Bertz CT molecular complexity index is 966. The first kappa shape index (κ1) is 19.4. The molecule has 0 bridgehead atoms. The lowest BCUT2D eigenvalue weighted by atomic mass is 10.2. The van der Waals surface area contributed by atoms with Crippen molar-refractivity contribution < 1.29 is 9.21 Å². The van der Waals surface area contributed by atoms with Crippen molar-refractivity contribution >= 4 is 11.7 Å². The van der Waals surface area contributed by atoms with Gasteiger partial charge in [0.15, 0.2) is 0 Å². The summed E-state index contributed by atoms with van der Waals surface area (Å²) in [6.45, 7) is 0.780. The van der Waals surface area contributed by atoms with E-state index < -0.39 is 0 Å². The second-order valence-electron chi connectivity index (χ2n) is 6.56. The van der Waals surface area contributed by atoms with Gasteiger partial charge in [-0.1, -0.05) is 12.1 Å². The summed E-state index contributed by atoms with van der Waals surface area (Å²) in [4.78, 5) is 29.8. The fourth-order valence-electron chi connectivity index (χ4n) is 2.83. The molecule has 3 rings (SSSR count). The Labute approximate surface area is 162 Å². The molecule has 2 heterocycles. The number of rotatable bonds is 7. The van der Waals surface area contributed by atoms with Crippen LogP contribution in [-0.2, 0) is 6.54 Å². The third-order valence-electron chi connectivity index (χ3n) is 4.27.